The number of benzene rings is 7. The maximum Gasteiger partial charge on any atom is 0.210 e. The van der Waals surface area contributed by atoms with E-state index in [4.69, 9.17) is 0 Å². The van der Waals surface area contributed by atoms with E-state index in [-0.39, 0.29) is 23.1 Å². The molecule has 7 aromatic carbocycles. The fourth-order valence-electron chi connectivity index (χ4n) is 16.7. The summed E-state index contributed by atoms with van der Waals surface area (Å²) in [6.45, 7) is 24.1. The van der Waals surface area contributed by atoms with E-state index in [9.17, 15) is 19.8 Å². The Morgan fingerprint density at radius 3 is 1.15 bits per heavy atom. The van der Waals surface area contributed by atoms with Crippen LogP contribution in [-0.4, -0.2) is 69.5 Å². The predicted octanol–water partition coefficient (Wildman–Crippen LogP) is 20.1. The van der Waals surface area contributed by atoms with E-state index in [0.717, 1.165) is 106 Å². The highest BCUT2D eigenvalue weighted by atomic mass is 16.3. The minimum atomic E-state index is -0.522. The normalized spacial score (nSPS) is 20.0. The first-order valence-electron chi connectivity index (χ1n) is 34.2. The minimum absolute atomic E-state index is 0.0498. The molecule has 8 nitrogen and oxygen atoms in total. The second kappa shape index (κ2) is 23.8. The second-order valence-electron chi connectivity index (χ2n) is 28.9. The largest absolute Gasteiger partial charge is 0.506 e. The van der Waals surface area contributed by atoms with E-state index in [2.05, 4.69) is 236 Å². The van der Waals surface area contributed by atoms with Gasteiger partial charge in [-0.3, -0.25) is 9.59 Å². The number of allylic oxidation sites excluding steroid dienone is 10. The third-order valence-electron chi connectivity index (χ3n) is 21.7. The van der Waals surface area contributed by atoms with Crippen molar-refractivity contribution in [1.29, 1.82) is 0 Å². The van der Waals surface area contributed by atoms with Crippen molar-refractivity contribution in [3.8, 4) is 22.3 Å². The Kier molecular flexibility index (Phi) is 16.1. The summed E-state index contributed by atoms with van der Waals surface area (Å²) in [4.78, 5) is 34.0. The first-order valence-corrected chi connectivity index (χ1v) is 34.2. The Labute approximate surface area is 545 Å². The average molecular weight is 1220 g/mol. The van der Waals surface area contributed by atoms with E-state index in [1.54, 1.807) is 0 Å². The summed E-state index contributed by atoms with van der Waals surface area (Å²) in [7, 11) is 4.13. The highest BCUT2D eigenvalue weighted by Crippen LogP contribution is 2.55. The number of unbranched alkanes of at least 4 members (excludes halogenated alkanes) is 10. The Bertz CT molecular complexity index is 4220. The minimum Gasteiger partial charge on any atom is -0.506 e. The van der Waals surface area contributed by atoms with Gasteiger partial charge < -0.3 is 20.0 Å². The highest BCUT2D eigenvalue weighted by Gasteiger charge is 2.51. The van der Waals surface area contributed by atoms with E-state index >= 15 is 0 Å². The molecule has 0 bridgehead atoms. The number of ketones is 2. The fourth-order valence-corrected chi connectivity index (χ4v) is 16.7. The Balaban J connectivity index is 0.758. The smallest absolute Gasteiger partial charge is 0.210 e. The Morgan fingerprint density at radius 1 is 0.402 bits per heavy atom. The Morgan fingerprint density at radius 2 is 0.772 bits per heavy atom. The predicted molar refractivity (Wildman–Crippen MR) is 382 cm³/mol. The lowest BCUT2D eigenvalue weighted by Gasteiger charge is -2.29. The SMILES string of the molecule is CCCCCCCCN1/C(=C\C2=C(O)C(=C/C3=[N+](C)c4cccc(-c5ccc(-c6cccc7c6C(C)(C)C(/C=C6/C(=O)C(/C=C8/N(CCCCCCCC)c9ccc%10ccccc%10c9C8(C)C)=C6O)=[N+]7C)cc5)c4C3(C)C)/C2=O)C(C)(C)c2c1ccc1ccccc21. The van der Waals surface area contributed by atoms with Crippen LogP contribution in [0.15, 0.2) is 203 Å². The number of aliphatic hydroxyl groups is 2. The monoisotopic (exact) mass is 1220 g/mol. The standard InChI is InChI=1S/C84H90N4O4/c1-13-15-17-19-21-27-47-87-67-45-43-53-31-23-25-33-57(53)75(67)83(7,8)71(87)51-63-77(89)61(78(63)90)49-69-81(3,4)73-59(35-29-37-65(73)85(69)11)55-39-41-56(42-40-55)60-36-30-38-66-74(60)82(5,6)70(86(66)12)50-62-79(91)64(80(62)92)52-72-84(9,10)76-58-34-26-24-32-54(58)44-46-68(76)88(72)48-28-22-20-18-16-14-2/h23-26,29-46,49-52H,13-22,27-28,47-48H2,1-12H3/p+2. The van der Waals surface area contributed by atoms with Crippen LogP contribution in [0.4, 0.5) is 22.7 Å². The second-order valence-corrected chi connectivity index (χ2v) is 28.9. The van der Waals surface area contributed by atoms with Crippen LogP contribution in [0, 0.1) is 0 Å². The summed E-state index contributed by atoms with van der Waals surface area (Å²) < 4.78 is 4.37. The van der Waals surface area contributed by atoms with Gasteiger partial charge >= 0.3 is 0 Å². The molecule has 0 fully saturated rings. The lowest BCUT2D eigenvalue weighted by Crippen LogP contribution is -2.32. The third kappa shape index (κ3) is 9.99. The lowest BCUT2D eigenvalue weighted by molar-refractivity contribution is -0.401. The van der Waals surface area contributed by atoms with Crippen LogP contribution in [0.5, 0.6) is 0 Å². The molecule has 4 heterocycles. The summed E-state index contributed by atoms with van der Waals surface area (Å²) in [6, 6.07) is 47.9. The zero-order valence-corrected chi connectivity index (χ0v) is 56.4. The van der Waals surface area contributed by atoms with Gasteiger partial charge in [-0.1, -0.05) is 215 Å². The number of fused-ring (bicyclic) bond motifs is 8. The van der Waals surface area contributed by atoms with Crippen LogP contribution < -0.4 is 9.80 Å². The van der Waals surface area contributed by atoms with E-state index in [1.165, 1.54) is 95.4 Å². The number of hydrogen-bond donors (Lipinski definition) is 2. The van der Waals surface area contributed by atoms with Crippen molar-refractivity contribution >= 4 is 67.3 Å². The van der Waals surface area contributed by atoms with Gasteiger partial charge in [0.1, 0.15) is 25.6 Å². The number of rotatable bonds is 20. The average Bonchev–Trinajstić information content (AvgIpc) is 1.54. The number of carbonyl (C=O) groups is 2. The van der Waals surface area contributed by atoms with E-state index in [1.807, 2.05) is 24.3 Å². The molecule has 2 N–H and O–H groups in total. The lowest BCUT2D eigenvalue weighted by atomic mass is 9.75. The summed E-state index contributed by atoms with van der Waals surface area (Å²) in [5, 5.41) is 28.9. The van der Waals surface area contributed by atoms with Gasteiger partial charge in [0.05, 0.1) is 33.1 Å². The van der Waals surface area contributed by atoms with E-state index in [0.29, 0.717) is 22.3 Å². The maximum atomic E-state index is 14.6. The molecule has 8 heteroatoms. The van der Waals surface area contributed by atoms with Gasteiger partial charge in [0.2, 0.25) is 22.9 Å². The topological polar surface area (TPSA) is 87.1 Å². The van der Waals surface area contributed by atoms with Gasteiger partial charge in [0.25, 0.3) is 0 Å². The number of carbonyl (C=O) groups excluding carboxylic acids is 2. The molecule has 0 aromatic heterocycles. The molecule has 13 rings (SSSR count). The fraction of sp³-hybridized carbons (Fsp3) is 0.357. The number of nitrogens with zero attached hydrogens (tertiary/aromatic N) is 4. The molecule has 4 aliphatic heterocycles. The molecule has 470 valence electrons. The molecule has 0 radical (unpaired) electrons. The van der Waals surface area contributed by atoms with Gasteiger partial charge in [-0.2, -0.15) is 9.15 Å². The molecule has 0 saturated heterocycles. The number of anilines is 2. The molecule has 0 unspecified atom stereocenters. The third-order valence-corrected chi connectivity index (χ3v) is 21.7. The highest BCUT2D eigenvalue weighted by molar-refractivity contribution is 6.25. The first kappa shape index (κ1) is 62.2. The molecule has 0 atom stereocenters. The van der Waals surface area contributed by atoms with Crippen molar-refractivity contribution in [3.05, 3.63) is 225 Å². The zero-order valence-electron chi connectivity index (χ0n) is 56.4. The van der Waals surface area contributed by atoms with Crippen LogP contribution in [0.3, 0.4) is 0 Å². The van der Waals surface area contributed by atoms with Crippen molar-refractivity contribution < 1.29 is 29.0 Å². The van der Waals surface area contributed by atoms with Crippen LogP contribution in [0.2, 0.25) is 0 Å². The van der Waals surface area contributed by atoms with Crippen molar-refractivity contribution in [2.75, 3.05) is 37.0 Å². The summed E-state index contributed by atoms with van der Waals surface area (Å²) in [6.07, 6.45) is 22.1. The molecule has 0 saturated carbocycles. The molecule has 2 aliphatic carbocycles. The maximum absolute atomic E-state index is 14.6. The van der Waals surface area contributed by atoms with Crippen molar-refractivity contribution in [3.63, 3.8) is 0 Å². The number of hydrogen-bond acceptors (Lipinski definition) is 6. The van der Waals surface area contributed by atoms with Gasteiger partial charge in [-0.15, -0.1) is 0 Å². The number of aliphatic hydroxyl groups excluding tert-OH is 2. The summed E-state index contributed by atoms with van der Waals surface area (Å²) in [5.41, 5.74) is 17.3. The van der Waals surface area contributed by atoms with Crippen LogP contribution in [0.1, 0.15) is 169 Å². The van der Waals surface area contributed by atoms with Gasteiger partial charge in [0.15, 0.2) is 11.4 Å². The quantitative estimate of drug-likeness (QED) is 0.0449. The Hall–Kier alpha value is -8.62. The van der Waals surface area contributed by atoms with Crippen molar-refractivity contribution in [1.82, 2.24) is 0 Å². The first-order chi connectivity index (χ1) is 44.1. The summed E-state index contributed by atoms with van der Waals surface area (Å²) >= 11 is 0. The van der Waals surface area contributed by atoms with Crippen LogP contribution >= 0.6 is 0 Å². The molecule has 7 aromatic rings. The van der Waals surface area contributed by atoms with Gasteiger partial charge in [0, 0.05) is 82.1 Å². The molecule has 92 heavy (non-hydrogen) atoms. The molecular weight excluding hydrogens is 1130 g/mol. The van der Waals surface area contributed by atoms with Crippen molar-refractivity contribution in [2.24, 2.45) is 0 Å². The number of Topliss-reactive ketones (excluding diaryl/α,β-unsaturated/α-hetero) is 2. The molecule has 6 aliphatic rings. The molecule has 0 amide bonds. The van der Waals surface area contributed by atoms with Crippen LogP contribution in [0.25, 0.3) is 43.8 Å². The molecular formula is C84H92N4O4+2. The zero-order chi connectivity index (χ0) is 64.8. The van der Waals surface area contributed by atoms with Gasteiger partial charge in [-0.05, 0) is 120 Å². The van der Waals surface area contributed by atoms with Crippen LogP contribution in [-0.2, 0) is 31.2 Å². The van der Waals surface area contributed by atoms with Crippen molar-refractivity contribution in [2.45, 2.75) is 168 Å². The summed E-state index contributed by atoms with van der Waals surface area (Å²) in [5.74, 6) is -0.176. The van der Waals surface area contributed by atoms with E-state index < -0.39 is 21.7 Å². The molecule has 0 spiro atoms. The van der Waals surface area contributed by atoms with Gasteiger partial charge in [-0.25, -0.2) is 0 Å².